The molecule has 0 amide bonds. The minimum Gasteiger partial charge on any atom is -0.465 e. The van der Waals surface area contributed by atoms with Gasteiger partial charge in [-0.25, -0.2) is 0 Å². The highest BCUT2D eigenvalue weighted by Crippen LogP contribution is 2.28. The van der Waals surface area contributed by atoms with Gasteiger partial charge < -0.3 is 4.42 Å². The van der Waals surface area contributed by atoms with Crippen LogP contribution in [0.4, 0.5) is 0 Å². The normalized spacial score (nSPS) is 19.7. The van der Waals surface area contributed by atoms with E-state index in [1.54, 1.807) is 6.26 Å². The van der Waals surface area contributed by atoms with Crippen LogP contribution in [0.25, 0.3) is 12.2 Å². The monoisotopic (exact) mass is 264 g/mol. The minimum absolute atomic E-state index is 0.150. The third-order valence-electron chi connectivity index (χ3n) is 3.48. The average molecular weight is 264 g/mol. The van der Waals surface area contributed by atoms with Gasteiger partial charge in [0.05, 0.1) is 6.26 Å². The number of carbonyl (C=O) groups is 1. The van der Waals surface area contributed by atoms with E-state index < -0.39 is 0 Å². The van der Waals surface area contributed by atoms with E-state index in [-0.39, 0.29) is 5.78 Å². The van der Waals surface area contributed by atoms with Crippen molar-refractivity contribution < 1.29 is 9.21 Å². The third kappa shape index (κ3) is 2.80. The summed E-state index contributed by atoms with van der Waals surface area (Å²) in [6.07, 6.45) is 8.17. The Hall–Kier alpha value is -2.35. The molecule has 1 fully saturated rings. The molecule has 0 unspecified atom stereocenters. The van der Waals surface area contributed by atoms with Gasteiger partial charge in [0, 0.05) is 11.1 Å². The number of hydrogen-bond donors (Lipinski definition) is 0. The molecule has 1 aliphatic carbocycles. The molecule has 0 bridgehead atoms. The van der Waals surface area contributed by atoms with Crippen LogP contribution < -0.4 is 0 Å². The van der Waals surface area contributed by atoms with Crippen LogP contribution in [0, 0.1) is 0 Å². The zero-order chi connectivity index (χ0) is 13.8. The van der Waals surface area contributed by atoms with Gasteiger partial charge in [0.25, 0.3) is 0 Å². The average Bonchev–Trinajstić information content (AvgIpc) is 2.97. The Morgan fingerprint density at radius 3 is 2.35 bits per heavy atom. The molecule has 1 heterocycles. The van der Waals surface area contributed by atoms with Gasteiger partial charge in [0.1, 0.15) is 5.76 Å². The summed E-state index contributed by atoms with van der Waals surface area (Å²) < 4.78 is 5.29. The molecule has 0 N–H and O–H groups in total. The first-order valence-corrected chi connectivity index (χ1v) is 6.87. The van der Waals surface area contributed by atoms with Crippen molar-refractivity contribution in [3.63, 3.8) is 0 Å². The number of benzene rings is 1. The van der Waals surface area contributed by atoms with Crippen LogP contribution in [0.3, 0.4) is 0 Å². The van der Waals surface area contributed by atoms with Crippen molar-refractivity contribution >= 4 is 17.9 Å². The van der Waals surface area contributed by atoms with E-state index in [2.05, 4.69) is 0 Å². The van der Waals surface area contributed by atoms with E-state index in [1.165, 1.54) is 0 Å². The fourth-order valence-corrected chi connectivity index (χ4v) is 2.47. The summed E-state index contributed by atoms with van der Waals surface area (Å²) in [5, 5.41) is 0. The third-order valence-corrected chi connectivity index (χ3v) is 3.48. The van der Waals surface area contributed by atoms with Crippen LogP contribution in [-0.4, -0.2) is 5.78 Å². The molecule has 1 aliphatic rings. The second-order valence-corrected chi connectivity index (χ2v) is 4.95. The molecular formula is C18H16O2. The maximum absolute atomic E-state index is 12.5. The lowest BCUT2D eigenvalue weighted by atomic mass is 9.87. The van der Waals surface area contributed by atoms with E-state index in [0.29, 0.717) is 0 Å². The first-order chi connectivity index (χ1) is 9.83. The molecule has 2 nitrogen and oxygen atoms in total. The molecule has 1 aromatic carbocycles. The summed E-state index contributed by atoms with van der Waals surface area (Å²) >= 11 is 0. The van der Waals surface area contributed by atoms with E-state index in [9.17, 15) is 4.79 Å². The fourth-order valence-electron chi connectivity index (χ4n) is 2.47. The topological polar surface area (TPSA) is 30.2 Å². The van der Waals surface area contributed by atoms with Gasteiger partial charge in [-0.3, -0.25) is 4.79 Å². The number of rotatable bonds is 2. The molecule has 0 saturated heterocycles. The van der Waals surface area contributed by atoms with Gasteiger partial charge in [-0.15, -0.1) is 0 Å². The summed E-state index contributed by atoms with van der Waals surface area (Å²) in [5.41, 5.74) is 2.81. The van der Waals surface area contributed by atoms with Crippen LogP contribution >= 0.6 is 0 Å². The summed E-state index contributed by atoms with van der Waals surface area (Å²) in [5.74, 6) is 0.894. The van der Waals surface area contributed by atoms with Crippen molar-refractivity contribution in [1.82, 2.24) is 0 Å². The molecule has 3 rings (SSSR count). The second kappa shape index (κ2) is 5.74. The highest BCUT2D eigenvalue weighted by Gasteiger charge is 2.20. The molecule has 1 saturated carbocycles. The summed E-state index contributed by atoms with van der Waals surface area (Å²) in [4.78, 5) is 12.5. The Balaban J connectivity index is 1.88. The summed E-state index contributed by atoms with van der Waals surface area (Å²) in [6.45, 7) is 0. The lowest BCUT2D eigenvalue weighted by Gasteiger charge is -2.16. The predicted molar refractivity (Wildman–Crippen MR) is 80.0 cm³/mol. The molecular weight excluding hydrogens is 248 g/mol. The fraction of sp³-hybridized carbons (Fsp3) is 0.167. The van der Waals surface area contributed by atoms with Crippen molar-refractivity contribution in [2.24, 2.45) is 0 Å². The summed E-state index contributed by atoms with van der Waals surface area (Å²) in [7, 11) is 0. The van der Waals surface area contributed by atoms with Gasteiger partial charge in [-0.1, -0.05) is 30.3 Å². The number of allylic oxidation sites excluding steroid dienone is 2. The Morgan fingerprint density at radius 2 is 1.65 bits per heavy atom. The van der Waals surface area contributed by atoms with Crippen LogP contribution in [0.15, 0.2) is 64.3 Å². The number of carbonyl (C=O) groups excluding carboxylic acids is 1. The first kappa shape index (κ1) is 12.7. The highest BCUT2D eigenvalue weighted by atomic mass is 16.3. The second-order valence-electron chi connectivity index (χ2n) is 4.95. The quantitative estimate of drug-likeness (QED) is 0.747. The Labute approximate surface area is 118 Å². The highest BCUT2D eigenvalue weighted by molar-refractivity contribution is 6.13. The van der Waals surface area contributed by atoms with Gasteiger partial charge in [0.2, 0.25) is 0 Å². The van der Waals surface area contributed by atoms with Crippen LogP contribution in [0.5, 0.6) is 0 Å². The molecule has 0 spiro atoms. The maximum Gasteiger partial charge on any atom is 0.185 e. The lowest BCUT2D eigenvalue weighted by Crippen LogP contribution is -2.12. The van der Waals surface area contributed by atoms with Crippen molar-refractivity contribution in [2.75, 3.05) is 0 Å². The number of Topliss-reactive ketones (excluding diaryl/α,β-unsaturated/α-hetero) is 1. The lowest BCUT2D eigenvalue weighted by molar-refractivity contribution is -0.112. The molecule has 0 atom stereocenters. The van der Waals surface area contributed by atoms with Crippen molar-refractivity contribution in [2.45, 2.75) is 19.3 Å². The van der Waals surface area contributed by atoms with Crippen LogP contribution in [0.1, 0.15) is 30.6 Å². The molecule has 0 aliphatic heterocycles. The van der Waals surface area contributed by atoms with E-state index >= 15 is 0 Å². The molecule has 2 aromatic rings. The van der Waals surface area contributed by atoms with Crippen molar-refractivity contribution in [3.05, 3.63) is 71.2 Å². The largest absolute Gasteiger partial charge is 0.465 e. The Bertz CT molecular complexity index is 646. The van der Waals surface area contributed by atoms with Gasteiger partial charge >= 0.3 is 0 Å². The number of hydrogen-bond acceptors (Lipinski definition) is 2. The Morgan fingerprint density at radius 1 is 0.900 bits per heavy atom. The van der Waals surface area contributed by atoms with E-state index in [1.807, 2.05) is 54.6 Å². The van der Waals surface area contributed by atoms with Gasteiger partial charge in [-0.05, 0) is 49.1 Å². The first-order valence-electron chi connectivity index (χ1n) is 6.87. The van der Waals surface area contributed by atoms with Gasteiger partial charge in [0.15, 0.2) is 5.78 Å². The smallest absolute Gasteiger partial charge is 0.185 e. The minimum atomic E-state index is 0.150. The number of furan rings is 1. The van der Waals surface area contributed by atoms with Crippen molar-refractivity contribution in [3.8, 4) is 0 Å². The van der Waals surface area contributed by atoms with E-state index in [4.69, 9.17) is 4.42 Å². The van der Waals surface area contributed by atoms with Crippen LogP contribution in [0.2, 0.25) is 0 Å². The standard InChI is InChI=1S/C18H16O2/c19-18-15(12-14-6-2-1-3-7-14)8-4-9-16(18)13-17-10-5-11-20-17/h1-3,5-7,10-13H,4,8-9H2. The van der Waals surface area contributed by atoms with E-state index in [0.717, 1.165) is 41.7 Å². The zero-order valence-corrected chi connectivity index (χ0v) is 11.2. The predicted octanol–water partition coefficient (Wildman–Crippen LogP) is 4.50. The summed E-state index contributed by atoms with van der Waals surface area (Å²) in [6, 6.07) is 13.7. The zero-order valence-electron chi connectivity index (χ0n) is 11.2. The molecule has 1 aromatic heterocycles. The van der Waals surface area contributed by atoms with Gasteiger partial charge in [-0.2, -0.15) is 0 Å². The Kier molecular flexibility index (Phi) is 3.64. The number of ketones is 1. The van der Waals surface area contributed by atoms with Crippen molar-refractivity contribution in [1.29, 1.82) is 0 Å². The molecule has 2 heteroatoms. The molecule has 0 radical (unpaired) electrons. The SMILES string of the molecule is O=C1C(=Cc2ccccc2)CCCC1=Cc1ccco1. The molecule has 100 valence electrons. The van der Waals surface area contributed by atoms with Crippen LogP contribution in [-0.2, 0) is 4.79 Å². The maximum atomic E-state index is 12.5. The molecule has 20 heavy (non-hydrogen) atoms.